The molecule has 0 spiro atoms. The molecule has 2 N–H and O–H groups in total. The highest BCUT2D eigenvalue weighted by molar-refractivity contribution is 5.39. The number of hydrogen-bond acceptors (Lipinski definition) is 1. The maximum Gasteiger partial charge on any atom is 0.390 e. The Morgan fingerprint density at radius 3 is 1.94 bits per heavy atom. The van der Waals surface area contributed by atoms with E-state index in [2.05, 4.69) is 0 Å². The predicted molar refractivity (Wildman–Crippen MR) is 58.3 cm³/mol. The van der Waals surface area contributed by atoms with Crippen molar-refractivity contribution in [2.45, 2.75) is 39.4 Å². The fourth-order valence-corrected chi connectivity index (χ4v) is 2.13. The maximum absolute atomic E-state index is 12.3. The van der Waals surface area contributed by atoms with Gasteiger partial charge in [0.05, 0.1) is 6.42 Å². The Balaban J connectivity index is 3.04. The molecule has 90 valence electrons. The minimum absolute atomic E-state index is 0.614. The third-order valence-corrected chi connectivity index (χ3v) is 2.56. The lowest BCUT2D eigenvalue weighted by Gasteiger charge is -2.19. The molecule has 1 aromatic rings. The van der Waals surface area contributed by atoms with E-state index in [1.165, 1.54) is 0 Å². The first-order valence-electron chi connectivity index (χ1n) is 5.11. The molecule has 0 aliphatic carbocycles. The summed E-state index contributed by atoms with van der Waals surface area (Å²) in [6.45, 7) is 5.51. The highest BCUT2D eigenvalue weighted by atomic mass is 19.4. The molecule has 0 saturated heterocycles. The average Bonchev–Trinajstić information content (AvgIpc) is 1.96. The van der Waals surface area contributed by atoms with Crippen molar-refractivity contribution in [3.05, 3.63) is 34.4 Å². The summed E-state index contributed by atoms with van der Waals surface area (Å²) in [7, 11) is 0. The molecule has 1 rings (SSSR count). The molecular weight excluding hydrogens is 215 g/mol. The van der Waals surface area contributed by atoms with Crippen molar-refractivity contribution in [3.8, 4) is 0 Å². The Labute approximate surface area is 93.5 Å². The molecule has 1 atom stereocenters. The van der Waals surface area contributed by atoms with Crippen LogP contribution in [0.15, 0.2) is 12.1 Å². The van der Waals surface area contributed by atoms with Gasteiger partial charge < -0.3 is 5.73 Å². The lowest BCUT2D eigenvalue weighted by molar-refractivity contribution is -0.138. The molecule has 0 aliphatic heterocycles. The first-order chi connectivity index (χ1) is 7.20. The molecule has 1 nitrogen and oxygen atoms in total. The Morgan fingerprint density at radius 1 is 1.12 bits per heavy atom. The average molecular weight is 231 g/mol. The van der Waals surface area contributed by atoms with Gasteiger partial charge in [0.2, 0.25) is 0 Å². The third-order valence-electron chi connectivity index (χ3n) is 2.56. The summed E-state index contributed by atoms with van der Waals surface area (Å²) < 4.78 is 36.8. The number of alkyl halides is 3. The number of nitrogens with two attached hydrogens (primary N) is 1. The van der Waals surface area contributed by atoms with Crippen LogP contribution in [0, 0.1) is 20.8 Å². The van der Waals surface area contributed by atoms with Crippen LogP contribution in [-0.4, -0.2) is 6.18 Å². The van der Waals surface area contributed by atoms with E-state index in [0.29, 0.717) is 5.56 Å². The van der Waals surface area contributed by atoms with Gasteiger partial charge in [-0.05, 0) is 37.5 Å². The predicted octanol–water partition coefficient (Wildman–Crippen LogP) is 3.56. The molecule has 0 radical (unpaired) electrons. The summed E-state index contributed by atoms with van der Waals surface area (Å²) >= 11 is 0. The number of hydrogen-bond donors (Lipinski definition) is 1. The SMILES string of the molecule is Cc1cc(C)c([C@H](N)CC(F)(F)F)c(C)c1. The van der Waals surface area contributed by atoms with Crippen molar-refractivity contribution < 1.29 is 13.2 Å². The van der Waals surface area contributed by atoms with Crippen molar-refractivity contribution >= 4 is 0 Å². The van der Waals surface area contributed by atoms with Crippen LogP contribution in [0.25, 0.3) is 0 Å². The smallest absolute Gasteiger partial charge is 0.324 e. The van der Waals surface area contributed by atoms with E-state index in [9.17, 15) is 13.2 Å². The van der Waals surface area contributed by atoms with Crippen LogP contribution < -0.4 is 5.73 Å². The van der Waals surface area contributed by atoms with Crippen LogP contribution in [0.4, 0.5) is 13.2 Å². The third kappa shape index (κ3) is 3.23. The molecule has 0 heterocycles. The van der Waals surface area contributed by atoms with Gasteiger partial charge in [-0.3, -0.25) is 0 Å². The van der Waals surface area contributed by atoms with Crippen LogP contribution in [0.2, 0.25) is 0 Å². The number of aryl methyl sites for hydroxylation is 3. The zero-order valence-corrected chi connectivity index (χ0v) is 9.65. The fourth-order valence-electron chi connectivity index (χ4n) is 2.13. The quantitative estimate of drug-likeness (QED) is 0.827. The van der Waals surface area contributed by atoms with Crippen molar-refractivity contribution in [1.29, 1.82) is 0 Å². The molecule has 16 heavy (non-hydrogen) atoms. The van der Waals surface area contributed by atoms with Crippen LogP contribution in [0.5, 0.6) is 0 Å². The largest absolute Gasteiger partial charge is 0.390 e. The number of benzene rings is 1. The van der Waals surface area contributed by atoms with Gasteiger partial charge in [0.25, 0.3) is 0 Å². The first-order valence-corrected chi connectivity index (χ1v) is 5.11. The minimum Gasteiger partial charge on any atom is -0.324 e. The van der Waals surface area contributed by atoms with E-state index in [1.807, 2.05) is 19.1 Å². The van der Waals surface area contributed by atoms with Crippen LogP contribution in [0.1, 0.15) is 34.7 Å². The summed E-state index contributed by atoms with van der Waals surface area (Å²) in [5, 5.41) is 0. The molecule has 4 heteroatoms. The molecule has 0 aromatic heterocycles. The van der Waals surface area contributed by atoms with Crippen molar-refractivity contribution in [1.82, 2.24) is 0 Å². The molecule has 0 fully saturated rings. The number of rotatable bonds is 2. The summed E-state index contributed by atoms with van der Waals surface area (Å²) in [6, 6.07) is 2.75. The zero-order valence-electron chi connectivity index (χ0n) is 9.65. The van der Waals surface area contributed by atoms with E-state index in [4.69, 9.17) is 5.73 Å². The van der Waals surface area contributed by atoms with Crippen molar-refractivity contribution in [3.63, 3.8) is 0 Å². The van der Waals surface area contributed by atoms with Gasteiger partial charge >= 0.3 is 6.18 Å². The lowest BCUT2D eigenvalue weighted by atomic mass is 9.93. The summed E-state index contributed by atoms with van der Waals surface area (Å²) in [6.07, 6.45) is -5.19. The van der Waals surface area contributed by atoms with E-state index < -0.39 is 18.6 Å². The molecule has 0 amide bonds. The van der Waals surface area contributed by atoms with Gasteiger partial charge in [0.15, 0.2) is 0 Å². The Kier molecular flexibility index (Phi) is 3.63. The minimum atomic E-state index is -4.22. The van der Waals surface area contributed by atoms with Gasteiger partial charge in [0.1, 0.15) is 0 Å². The second-order valence-electron chi connectivity index (χ2n) is 4.24. The Bertz CT molecular complexity index is 359. The van der Waals surface area contributed by atoms with Gasteiger partial charge in [-0.2, -0.15) is 13.2 Å². The lowest BCUT2D eigenvalue weighted by Crippen LogP contribution is -2.21. The van der Waals surface area contributed by atoms with E-state index in [1.54, 1.807) is 13.8 Å². The molecular formula is C12H16F3N. The second-order valence-corrected chi connectivity index (χ2v) is 4.24. The van der Waals surface area contributed by atoms with Crippen molar-refractivity contribution in [2.24, 2.45) is 5.73 Å². The molecule has 1 aromatic carbocycles. The highest BCUT2D eigenvalue weighted by Crippen LogP contribution is 2.31. The van der Waals surface area contributed by atoms with Gasteiger partial charge in [0, 0.05) is 6.04 Å². The van der Waals surface area contributed by atoms with E-state index in [0.717, 1.165) is 16.7 Å². The second kappa shape index (κ2) is 4.45. The first kappa shape index (κ1) is 13.0. The van der Waals surface area contributed by atoms with Crippen LogP contribution >= 0.6 is 0 Å². The summed E-state index contributed by atoms with van der Waals surface area (Å²) in [4.78, 5) is 0. The molecule has 0 aliphatic rings. The summed E-state index contributed by atoms with van der Waals surface area (Å²) in [5.41, 5.74) is 8.92. The van der Waals surface area contributed by atoms with Crippen molar-refractivity contribution in [2.75, 3.05) is 0 Å². The zero-order chi connectivity index (χ0) is 12.5. The van der Waals surface area contributed by atoms with Gasteiger partial charge in [-0.25, -0.2) is 0 Å². The molecule has 0 bridgehead atoms. The molecule has 0 saturated carbocycles. The fraction of sp³-hybridized carbons (Fsp3) is 0.500. The Morgan fingerprint density at radius 2 is 1.56 bits per heavy atom. The van der Waals surface area contributed by atoms with Crippen LogP contribution in [-0.2, 0) is 0 Å². The maximum atomic E-state index is 12.3. The normalized spacial score (nSPS) is 13.9. The monoisotopic (exact) mass is 231 g/mol. The van der Waals surface area contributed by atoms with Gasteiger partial charge in [-0.15, -0.1) is 0 Å². The summed E-state index contributed by atoms with van der Waals surface area (Å²) in [5.74, 6) is 0. The van der Waals surface area contributed by atoms with E-state index in [-0.39, 0.29) is 0 Å². The molecule has 0 unspecified atom stereocenters. The highest BCUT2D eigenvalue weighted by Gasteiger charge is 2.31. The number of halogens is 3. The van der Waals surface area contributed by atoms with Crippen LogP contribution in [0.3, 0.4) is 0 Å². The standard InChI is InChI=1S/C12H16F3N/c1-7-4-8(2)11(9(3)5-7)10(16)6-12(13,14)15/h4-5,10H,6,16H2,1-3H3/t10-/m1/s1. The topological polar surface area (TPSA) is 26.0 Å². The Hall–Kier alpha value is -1.03. The van der Waals surface area contributed by atoms with E-state index >= 15 is 0 Å². The van der Waals surface area contributed by atoms with Gasteiger partial charge in [-0.1, -0.05) is 17.7 Å².